The third-order valence-electron chi connectivity index (χ3n) is 4.74. The molecule has 0 aliphatic rings. The first-order chi connectivity index (χ1) is 14.7. The SMILES string of the molecule is Nc1ccccc1C(=O)N/N=C/c1ccc(OCc2cccc3ccccc23)cc1. The van der Waals surface area contributed by atoms with Gasteiger partial charge in [0.05, 0.1) is 11.8 Å². The van der Waals surface area contributed by atoms with Crippen molar-refractivity contribution >= 4 is 28.6 Å². The van der Waals surface area contributed by atoms with Gasteiger partial charge in [0.25, 0.3) is 5.91 Å². The fourth-order valence-electron chi connectivity index (χ4n) is 3.16. The molecule has 4 aromatic carbocycles. The first-order valence-electron chi connectivity index (χ1n) is 9.58. The molecule has 5 nitrogen and oxygen atoms in total. The van der Waals surface area contributed by atoms with E-state index in [2.05, 4.69) is 34.8 Å². The van der Waals surface area contributed by atoms with E-state index in [1.54, 1.807) is 30.5 Å². The highest BCUT2D eigenvalue weighted by atomic mass is 16.5. The molecule has 1 amide bonds. The second-order valence-corrected chi connectivity index (χ2v) is 6.78. The largest absolute Gasteiger partial charge is 0.489 e. The molecule has 148 valence electrons. The van der Waals surface area contributed by atoms with Gasteiger partial charge in [-0.05, 0) is 58.3 Å². The Balaban J connectivity index is 1.35. The number of nitrogens with one attached hydrogen (secondary N) is 1. The number of rotatable bonds is 6. The van der Waals surface area contributed by atoms with E-state index in [-0.39, 0.29) is 5.91 Å². The van der Waals surface area contributed by atoms with Gasteiger partial charge in [0.1, 0.15) is 12.4 Å². The molecule has 0 spiro atoms. The Hall–Kier alpha value is -4.12. The van der Waals surface area contributed by atoms with Crippen LogP contribution in [-0.4, -0.2) is 12.1 Å². The monoisotopic (exact) mass is 395 g/mol. The van der Waals surface area contributed by atoms with Crippen molar-refractivity contribution in [1.29, 1.82) is 0 Å². The van der Waals surface area contributed by atoms with Crippen molar-refractivity contribution in [3.05, 3.63) is 108 Å². The van der Waals surface area contributed by atoms with Gasteiger partial charge in [-0.2, -0.15) is 5.10 Å². The van der Waals surface area contributed by atoms with Crippen molar-refractivity contribution in [3.63, 3.8) is 0 Å². The van der Waals surface area contributed by atoms with E-state index in [1.165, 1.54) is 10.8 Å². The van der Waals surface area contributed by atoms with Crippen LogP contribution in [0.4, 0.5) is 5.69 Å². The van der Waals surface area contributed by atoms with Gasteiger partial charge < -0.3 is 10.5 Å². The van der Waals surface area contributed by atoms with Crippen LogP contribution in [0.2, 0.25) is 0 Å². The summed E-state index contributed by atoms with van der Waals surface area (Å²) >= 11 is 0. The molecule has 30 heavy (non-hydrogen) atoms. The van der Waals surface area contributed by atoms with Gasteiger partial charge in [-0.15, -0.1) is 0 Å². The van der Waals surface area contributed by atoms with Crippen molar-refractivity contribution in [2.75, 3.05) is 5.73 Å². The number of benzene rings is 4. The molecule has 0 atom stereocenters. The summed E-state index contributed by atoms with van der Waals surface area (Å²) in [4.78, 5) is 12.1. The van der Waals surface area contributed by atoms with E-state index >= 15 is 0 Å². The predicted molar refractivity (Wildman–Crippen MR) is 121 cm³/mol. The molecule has 4 rings (SSSR count). The zero-order chi connectivity index (χ0) is 20.8. The second kappa shape index (κ2) is 8.92. The maximum absolute atomic E-state index is 12.1. The summed E-state index contributed by atoms with van der Waals surface area (Å²) in [6, 6.07) is 28.9. The molecule has 5 heteroatoms. The van der Waals surface area contributed by atoms with Gasteiger partial charge in [0.15, 0.2) is 0 Å². The molecule has 0 bridgehead atoms. The molecular formula is C25H21N3O2. The fourth-order valence-corrected chi connectivity index (χ4v) is 3.16. The standard InChI is InChI=1S/C25H21N3O2/c26-24-11-4-3-10-23(24)25(29)28-27-16-18-12-14-21(15-13-18)30-17-20-8-5-7-19-6-1-2-9-22(19)20/h1-16H,17,26H2,(H,28,29)/b27-16+. The second-order valence-electron chi connectivity index (χ2n) is 6.78. The first kappa shape index (κ1) is 19.2. The minimum Gasteiger partial charge on any atom is -0.489 e. The van der Waals surface area contributed by atoms with Crippen molar-refractivity contribution < 1.29 is 9.53 Å². The van der Waals surface area contributed by atoms with Crippen LogP contribution in [0.15, 0.2) is 96.1 Å². The predicted octanol–water partition coefficient (Wildman–Crippen LogP) is 4.76. The third kappa shape index (κ3) is 4.47. The molecule has 0 aliphatic heterocycles. The van der Waals surface area contributed by atoms with E-state index in [0.717, 1.165) is 16.9 Å². The van der Waals surface area contributed by atoms with E-state index in [1.807, 2.05) is 42.5 Å². The first-order valence-corrected chi connectivity index (χ1v) is 9.58. The number of hydrogen-bond acceptors (Lipinski definition) is 4. The Bertz CT molecular complexity index is 1200. The lowest BCUT2D eigenvalue weighted by Gasteiger charge is -2.09. The van der Waals surface area contributed by atoms with E-state index in [9.17, 15) is 4.79 Å². The van der Waals surface area contributed by atoms with Crippen LogP contribution in [0.3, 0.4) is 0 Å². The summed E-state index contributed by atoms with van der Waals surface area (Å²) in [5, 5.41) is 6.39. The number of nitrogens with zero attached hydrogens (tertiary/aromatic N) is 1. The summed E-state index contributed by atoms with van der Waals surface area (Å²) in [5.74, 6) is 0.417. The molecule has 0 aromatic heterocycles. The molecule has 0 saturated heterocycles. The number of nitrogens with two attached hydrogens (primary N) is 1. The molecule has 0 aliphatic carbocycles. The normalized spacial score (nSPS) is 10.9. The Labute approximate surface area is 174 Å². The van der Waals surface area contributed by atoms with Crippen molar-refractivity contribution in [2.45, 2.75) is 6.61 Å². The van der Waals surface area contributed by atoms with Gasteiger partial charge in [0.2, 0.25) is 0 Å². The molecule has 0 unspecified atom stereocenters. The van der Waals surface area contributed by atoms with Crippen LogP contribution in [0.25, 0.3) is 10.8 Å². The smallest absolute Gasteiger partial charge is 0.273 e. The number of carbonyl (C=O) groups is 1. The van der Waals surface area contributed by atoms with Crippen LogP contribution < -0.4 is 15.9 Å². The van der Waals surface area contributed by atoms with Crippen molar-refractivity contribution in [3.8, 4) is 5.75 Å². The quantitative estimate of drug-likeness (QED) is 0.281. The lowest BCUT2D eigenvalue weighted by molar-refractivity contribution is 0.0956. The van der Waals surface area contributed by atoms with Gasteiger partial charge in [-0.25, -0.2) is 5.43 Å². The number of nitrogen functional groups attached to an aromatic ring is 1. The lowest BCUT2D eigenvalue weighted by atomic mass is 10.1. The van der Waals surface area contributed by atoms with E-state index in [4.69, 9.17) is 10.5 Å². The number of hydrogen-bond donors (Lipinski definition) is 2. The molecule has 3 N–H and O–H groups in total. The average molecular weight is 395 g/mol. The number of hydrazone groups is 1. The number of anilines is 1. The minimum absolute atomic E-state index is 0.348. The highest BCUT2D eigenvalue weighted by molar-refractivity contribution is 5.99. The van der Waals surface area contributed by atoms with Crippen LogP contribution >= 0.6 is 0 Å². The Morgan fingerprint density at radius 3 is 2.47 bits per heavy atom. The third-order valence-corrected chi connectivity index (χ3v) is 4.74. The molecule has 0 saturated carbocycles. The maximum Gasteiger partial charge on any atom is 0.273 e. The number of fused-ring (bicyclic) bond motifs is 1. The Morgan fingerprint density at radius 1 is 0.900 bits per heavy atom. The average Bonchev–Trinajstić information content (AvgIpc) is 2.79. The van der Waals surface area contributed by atoms with Crippen molar-refractivity contribution in [2.24, 2.45) is 5.10 Å². The zero-order valence-electron chi connectivity index (χ0n) is 16.3. The molecule has 0 radical (unpaired) electrons. The number of carbonyl (C=O) groups excluding carboxylic acids is 1. The number of ether oxygens (including phenoxy) is 1. The van der Waals surface area contributed by atoms with Crippen LogP contribution in [0.5, 0.6) is 5.75 Å². The Kier molecular flexibility index (Phi) is 5.71. The highest BCUT2D eigenvalue weighted by Crippen LogP contribution is 2.21. The summed E-state index contributed by atoms with van der Waals surface area (Å²) in [6.07, 6.45) is 1.57. The van der Waals surface area contributed by atoms with Gasteiger partial charge in [-0.1, -0.05) is 54.6 Å². The summed E-state index contributed by atoms with van der Waals surface area (Å²) in [6.45, 7) is 0.489. The van der Waals surface area contributed by atoms with Crippen LogP contribution in [-0.2, 0) is 6.61 Å². The molecular weight excluding hydrogens is 374 g/mol. The zero-order valence-corrected chi connectivity index (χ0v) is 16.3. The fraction of sp³-hybridized carbons (Fsp3) is 0.0400. The lowest BCUT2D eigenvalue weighted by Crippen LogP contribution is -2.18. The molecule has 0 heterocycles. The van der Waals surface area contributed by atoms with E-state index < -0.39 is 0 Å². The van der Waals surface area contributed by atoms with Gasteiger partial charge in [-0.3, -0.25) is 4.79 Å². The summed E-state index contributed by atoms with van der Waals surface area (Å²) in [5.41, 5.74) is 11.1. The molecule has 0 fully saturated rings. The van der Waals surface area contributed by atoms with Crippen molar-refractivity contribution in [1.82, 2.24) is 5.43 Å². The molecule has 4 aromatic rings. The summed E-state index contributed by atoms with van der Waals surface area (Å²) in [7, 11) is 0. The van der Waals surface area contributed by atoms with Gasteiger partial charge >= 0.3 is 0 Å². The topological polar surface area (TPSA) is 76.7 Å². The van der Waals surface area contributed by atoms with Crippen LogP contribution in [0.1, 0.15) is 21.5 Å². The maximum atomic E-state index is 12.1. The highest BCUT2D eigenvalue weighted by Gasteiger charge is 2.07. The number of amides is 1. The number of para-hydroxylation sites is 1. The van der Waals surface area contributed by atoms with Gasteiger partial charge in [0, 0.05) is 5.69 Å². The Morgan fingerprint density at radius 2 is 1.63 bits per heavy atom. The van der Waals surface area contributed by atoms with Crippen LogP contribution in [0, 0.1) is 0 Å². The van der Waals surface area contributed by atoms with E-state index in [0.29, 0.717) is 17.9 Å². The summed E-state index contributed by atoms with van der Waals surface area (Å²) < 4.78 is 5.94. The minimum atomic E-state index is -0.348.